The van der Waals surface area contributed by atoms with Crippen molar-refractivity contribution in [2.45, 2.75) is 13.8 Å². The van der Waals surface area contributed by atoms with E-state index in [1.54, 1.807) is 19.8 Å². The predicted molar refractivity (Wildman–Crippen MR) is 72.7 cm³/mol. The van der Waals surface area contributed by atoms with E-state index in [4.69, 9.17) is 4.74 Å². The standard InChI is InChI=1S/C14H14N4O/c1-9-6-11(4-5-12(9)19-3)18-8-17-13-10(2)15-7-16-14(13)18/h4-8H,1-3H3. The highest BCUT2D eigenvalue weighted by Gasteiger charge is 2.09. The molecule has 96 valence electrons. The molecule has 0 fully saturated rings. The lowest BCUT2D eigenvalue weighted by molar-refractivity contribution is 0.411. The molecule has 0 spiro atoms. The predicted octanol–water partition coefficient (Wildman–Crippen LogP) is 2.44. The number of hydrogen-bond acceptors (Lipinski definition) is 4. The molecule has 0 aliphatic carbocycles. The average Bonchev–Trinajstić information content (AvgIpc) is 2.84. The molecule has 0 aliphatic heterocycles. The summed E-state index contributed by atoms with van der Waals surface area (Å²) in [6.07, 6.45) is 3.33. The summed E-state index contributed by atoms with van der Waals surface area (Å²) in [6, 6.07) is 5.99. The summed E-state index contributed by atoms with van der Waals surface area (Å²) in [5.41, 5.74) is 4.62. The van der Waals surface area contributed by atoms with Crippen molar-refractivity contribution in [3.05, 3.63) is 42.1 Å². The third-order valence-corrected chi connectivity index (χ3v) is 3.17. The smallest absolute Gasteiger partial charge is 0.168 e. The highest BCUT2D eigenvalue weighted by Crippen LogP contribution is 2.23. The third-order valence-electron chi connectivity index (χ3n) is 3.17. The van der Waals surface area contributed by atoms with Gasteiger partial charge in [-0.1, -0.05) is 0 Å². The normalized spacial score (nSPS) is 10.9. The second kappa shape index (κ2) is 4.35. The largest absolute Gasteiger partial charge is 0.496 e. The van der Waals surface area contributed by atoms with Crippen LogP contribution in [0.3, 0.4) is 0 Å². The number of imidazole rings is 1. The Morgan fingerprint density at radius 1 is 1.11 bits per heavy atom. The molecule has 2 heterocycles. The number of aromatic nitrogens is 4. The van der Waals surface area contributed by atoms with Crippen LogP contribution in [0.1, 0.15) is 11.3 Å². The Morgan fingerprint density at radius 3 is 2.68 bits per heavy atom. The number of benzene rings is 1. The molecule has 1 aromatic carbocycles. The van der Waals surface area contributed by atoms with Crippen molar-refractivity contribution in [1.29, 1.82) is 0 Å². The molecule has 3 aromatic rings. The lowest BCUT2D eigenvalue weighted by Crippen LogP contribution is -1.96. The second-order valence-corrected chi connectivity index (χ2v) is 4.40. The van der Waals surface area contributed by atoms with Crippen molar-refractivity contribution in [3.8, 4) is 11.4 Å². The van der Waals surface area contributed by atoms with Crippen LogP contribution < -0.4 is 4.74 Å². The second-order valence-electron chi connectivity index (χ2n) is 4.40. The number of aryl methyl sites for hydroxylation is 2. The summed E-state index contributed by atoms with van der Waals surface area (Å²) < 4.78 is 7.23. The summed E-state index contributed by atoms with van der Waals surface area (Å²) in [6.45, 7) is 3.95. The Balaban J connectivity index is 2.19. The molecule has 0 saturated carbocycles. The van der Waals surface area contributed by atoms with Crippen LogP contribution in [0.25, 0.3) is 16.9 Å². The van der Waals surface area contributed by atoms with E-state index in [-0.39, 0.29) is 0 Å². The van der Waals surface area contributed by atoms with Gasteiger partial charge in [-0.2, -0.15) is 0 Å². The first-order chi connectivity index (χ1) is 9.20. The molecule has 19 heavy (non-hydrogen) atoms. The Bertz CT molecular complexity index is 748. The maximum atomic E-state index is 5.27. The first kappa shape index (κ1) is 11.6. The molecule has 5 heteroatoms. The highest BCUT2D eigenvalue weighted by molar-refractivity contribution is 5.75. The van der Waals surface area contributed by atoms with E-state index in [0.717, 1.165) is 33.9 Å². The molecule has 0 atom stereocenters. The lowest BCUT2D eigenvalue weighted by atomic mass is 10.2. The van der Waals surface area contributed by atoms with Gasteiger partial charge in [0.2, 0.25) is 0 Å². The topological polar surface area (TPSA) is 52.8 Å². The van der Waals surface area contributed by atoms with Crippen LogP contribution in [0.2, 0.25) is 0 Å². The fraction of sp³-hybridized carbons (Fsp3) is 0.214. The fourth-order valence-electron chi connectivity index (χ4n) is 2.15. The van der Waals surface area contributed by atoms with E-state index in [1.165, 1.54) is 0 Å². The number of ether oxygens (including phenoxy) is 1. The minimum atomic E-state index is 0.817. The van der Waals surface area contributed by atoms with Gasteiger partial charge in [0.1, 0.15) is 23.9 Å². The monoisotopic (exact) mass is 254 g/mol. The molecule has 0 aliphatic rings. The Morgan fingerprint density at radius 2 is 1.95 bits per heavy atom. The molecule has 0 saturated heterocycles. The molecular weight excluding hydrogens is 240 g/mol. The first-order valence-electron chi connectivity index (χ1n) is 6.00. The van der Waals surface area contributed by atoms with Crippen molar-refractivity contribution >= 4 is 11.2 Å². The SMILES string of the molecule is COc1ccc(-n2cnc3c(C)ncnc32)cc1C. The average molecular weight is 254 g/mol. The zero-order valence-corrected chi connectivity index (χ0v) is 11.1. The van der Waals surface area contributed by atoms with Gasteiger partial charge in [-0.3, -0.25) is 4.57 Å². The molecule has 0 N–H and O–H groups in total. The Kier molecular flexibility index (Phi) is 2.67. The highest BCUT2D eigenvalue weighted by atomic mass is 16.5. The lowest BCUT2D eigenvalue weighted by Gasteiger charge is -2.08. The van der Waals surface area contributed by atoms with Gasteiger partial charge in [0.15, 0.2) is 5.65 Å². The first-order valence-corrected chi connectivity index (χ1v) is 6.00. The van der Waals surface area contributed by atoms with Crippen molar-refractivity contribution in [1.82, 2.24) is 19.5 Å². The molecule has 2 aromatic heterocycles. The van der Waals surface area contributed by atoms with Crippen LogP contribution in [-0.4, -0.2) is 26.6 Å². The minimum absolute atomic E-state index is 0.817. The van der Waals surface area contributed by atoms with Gasteiger partial charge in [-0.25, -0.2) is 15.0 Å². The van der Waals surface area contributed by atoms with Crippen LogP contribution in [0.5, 0.6) is 5.75 Å². The molecule has 0 radical (unpaired) electrons. The zero-order valence-electron chi connectivity index (χ0n) is 11.1. The van der Waals surface area contributed by atoms with Gasteiger partial charge in [-0.15, -0.1) is 0 Å². The van der Waals surface area contributed by atoms with Gasteiger partial charge < -0.3 is 4.74 Å². The van der Waals surface area contributed by atoms with Crippen LogP contribution in [-0.2, 0) is 0 Å². The fourth-order valence-corrected chi connectivity index (χ4v) is 2.15. The molecule has 0 amide bonds. The van der Waals surface area contributed by atoms with Crippen LogP contribution in [0, 0.1) is 13.8 Å². The molecule has 3 rings (SSSR count). The van der Waals surface area contributed by atoms with Crippen molar-refractivity contribution < 1.29 is 4.74 Å². The van der Waals surface area contributed by atoms with Gasteiger partial charge in [0, 0.05) is 5.69 Å². The summed E-state index contributed by atoms with van der Waals surface area (Å²) in [4.78, 5) is 12.8. The quantitative estimate of drug-likeness (QED) is 0.705. The Labute approximate surface area is 110 Å². The number of nitrogens with zero attached hydrogens (tertiary/aromatic N) is 4. The Hall–Kier alpha value is -2.43. The summed E-state index contributed by atoms with van der Waals surface area (Å²) in [7, 11) is 1.67. The van der Waals surface area contributed by atoms with E-state index < -0.39 is 0 Å². The van der Waals surface area contributed by atoms with Gasteiger partial charge in [0.05, 0.1) is 12.8 Å². The van der Waals surface area contributed by atoms with Gasteiger partial charge in [0.25, 0.3) is 0 Å². The van der Waals surface area contributed by atoms with E-state index in [9.17, 15) is 0 Å². The van der Waals surface area contributed by atoms with Crippen molar-refractivity contribution in [2.24, 2.45) is 0 Å². The van der Waals surface area contributed by atoms with E-state index >= 15 is 0 Å². The molecular formula is C14H14N4O. The summed E-state index contributed by atoms with van der Waals surface area (Å²) in [5, 5.41) is 0. The molecule has 0 unspecified atom stereocenters. The number of rotatable bonds is 2. The number of hydrogen-bond donors (Lipinski definition) is 0. The third kappa shape index (κ3) is 1.83. The van der Waals surface area contributed by atoms with Gasteiger partial charge in [-0.05, 0) is 37.6 Å². The number of methoxy groups -OCH3 is 1. The maximum absolute atomic E-state index is 5.27. The molecule has 5 nitrogen and oxygen atoms in total. The van der Waals surface area contributed by atoms with Crippen LogP contribution >= 0.6 is 0 Å². The van der Waals surface area contributed by atoms with Gasteiger partial charge >= 0.3 is 0 Å². The summed E-state index contributed by atoms with van der Waals surface area (Å²) >= 11 is 0. The zero-order chi connectivity index (χ0) is 13.4. The van der Waals surface area contributed by atoms with E-state index in [1.807, 2.05) is 30.5 Å². The molecule has 0 bridgehead atoms. The van der Waals surface area contributed by atoms with E-state index in [0.29, 0.717) is 0 Å². The summed E-state index contributed by atoms with van der Waals surface area (Å²) in [5.74, 6) is 0.874. The minimum Gasteiger partial charge on any atom is -0.496 e. The van der Waals surface area contributed by atoms with Crippen LogP contribution in [0.15, 0.2) is 30.9 Å². The van der Waals surface area contributed by atoms with Crippen molar-refractivity contribution in [3.63, 3.8) is 0 Å². The van der Waals surface area contributed by atoms with Crippen molar-refractivity contribution in [2.75, 3.05) is 7.11 Å². The van der Waals surface area contributed by atoms with Crippen LogP contribution in [0.4, 0.5) is 0 Å². The van der Waals surface area contributed by atoms with E-state index in [2.05, 4.69) is 21.0 Å². The number of fused-ring (bicyclic) bond motifs is 1. The maximum Gasteiger partial charge on any atom is 0.168 e.